The van der Waals surface area contributed by atoms with Crippen LogP contribution in [0.2, 0.25) is 0 Å². The van der Waals surface area contributed by atoms with Crippen LogP contribution in [0.3, 0.4) is 0 Å². The second-order valence-corrected chi connectivity index (χ2v) is 7.13. The molecule has 0 saturated heterocycles. The zero-order valence-electron chi connectivity index (χ0n) is 16.0. The molecule has 0 fully saturated rings. The van der Waals surface area contributed by atoms with Gasteiger partial charge in [-0.15, -0.1) is 0 Å². The van der Waals surface area contributed by atoms with Crippen molar-refractivity contribution in [3.8, 4) is 28.5 Å². The van der Waals surface area contributed by atoms with Crippen LogP contribution in [0.25, 0.3) is 28.0 Å². The highest BCUT2D eigenvalue weighted by Crippen LogP contribution is 2.31. The number of benzene rings is 2. The first-order valence-electron chi connectivity index (χ1n) is 9.19. The van der Waals surface area contributed by atoms with Crippen LogP contribution >= 0.6 is 0 Å². The Hall–Kier alpha value is -3.65. The van der Waals surface area contributed by atoms with E-state index < -0.39 is 0 Å². The molecule has 0 amide bonds. The summed E-state index contributed by atoms with van der Waals surface area (Å²) >= 11 is 0. The van der Waals surface area contributed by atoms with Crippen molar-refractivity contribution in [2.75, 3.05) is 0 Å². The highest BCUT2D eigenvalue weighted by Gasteiger charge is 2.22. The van der Waals surface area contributed by atoms with Gasteiger partial charge in [-0.1, -0.05) is 62.4 Å². The molecule has 0 radical (unpaired) electrons. The van der Waals surface area contributed by atoms with E-state index in [0.29, 0.717) is 16.8 Å². The maximum Gasteiger partial charge on any atom is 0.278 e. The molecule has 0 saturated carbocycles. The third-order valence-corrected chi connectivity index (χ3v) is 5.02. The van der Waals surface area contributed by atoms with Gasteiger partial charge in [0.2, 0.25) is 0 Å². The van der Waals surface area contributed by atoms with Crippen molar-refractivity contribution >= 4 is 5.65 Å². The monoisotopic (exact) mass is 368 g/mol. The Morgan fingerprint density at radius 1 is 1.00 bits per heavy atom. The summed E-state index contributed by atoms with van der Waals surface area (Å²) in [5, 5.41) is 13.6. The molecule has 4 aromatic rings. The van der Waals surface area contributed by atoms with E-state index in [9.17, 15) is 10.1 Å². The van der Waals surface area contributed by atoms with E-state index in [2.05, 4.69) is 35.4 Å². The Morgan fingerprint density at radius 3 is 2.36 bits per heavy atom. The molecule has 4 rings (SSSR count). The van der Waals surface area contributed by atoms with Crippen molar-refractivity contribution in [3.05, 3.63) is 82.3 Å². The lowest BCUT2D eigenvalue weighted by Gasteiger charge is -2.19. The molecule has 5 nitrogen and oxygen atoms in total. The number of aromatic nitrogens is 3. The largest absolute Gasteiger partial charge is 0.327 e. The third-order valence-electron chi connectivity index (χ3n) is 5.02. The zero-order chi connectivity index (χ0) is 19.8. The summed E-state index contributed by atoms with van der Waals surface area (Å²) < 4.78 is 3.24. The van der Waals surface area contributed by atoms with Gasteiger partial charge in [-0.25, -0.2) is 0 Å². The summed E-state index contributed by atoms with van der Waals surface area (Å²) in [4.78, 5) is 13.2. The van der Waals surface area contributed by atoms with Crippen LogP contribution in [0.4, 0.5) is 0 Å². The molecule has 0 aliphatic carbocycles. The van der Waals surface area contributed by atoms with E-state index in [1.807, 2.05) is 55.8 Å². The standard InChI is InChI=1S/C23H20N4O/c1-15(2)20-21(26(3)22-19(13-24)14-25-27(22)23(20)28)18-11-7-10-17(12-18)16-8-5-4-6-9-16/h4-12,14-15H,1-3H3. The molecule has 0 bridgehead atoms. The van der Waals surface area contributed by atoms with Gasteiger partial charge in [0.05, 0.1) is 11.9 Å². The van der Waals surface area contributed by atoms with Gasteiger partial charge in [-0.2, -0.15) is 14.9 Å². The summed E-state index contributed by atoms with van der Waals surface area (Å²) in [5.74, 6) is 0.00761. The SMILES string of the molecule is CC(C)c1c(-c2cccc(-c3ccccc3)c2)n(C)c2c(C#N)cnn2c1=O. The van der Waals surface area contributed by atoms with Crippen LogP contribution < -0.4 is 5.56 Å². The molecule has 0 N–H and O–H groups in total. The molecule has 0 unspecified atom stereocenters. The third kappa shape index (κ3) is 2.71. The molecule has 2 heterocycles. The van der Waals surface area contributed by atoms with Gasteiger partial charge in [0.25, 0.3) is 5.56 Å². The number of fused-ring (bicyclic) bond motifs is 1. The molecular formula is C23H20N4O. The lowest BCUT2D eigenvalue weighted by atomic mass is 9.95. The minimum Gasteiger partial charge on any atom is -0.327 e. The molecule has 28 heavy (non-hydrogen) atoms. The fourth-order valence-electron chi connectivity index (χ4n) is 3.74. The molecule has 2 aromatic carbocycles. The number of rotatable bonds is 3. The molecule has 2 aromatic heterocycles. The van der Waals surface area contributed by atoms with Gasteiger partial charge < -0.3 is 4.57 Å². The second-order valence-electron chi connectivity index (χ2n) is 7.13. The molecule has 5 heteroatoms. The van der Waals surface area contributed by atoms with Gasteiger partial charge in [0.15, 0.2) is 5.65 Å². The Bertz CT molecular complexity index is 1270. The lowest BCUT2D eigenvalue weighted by molar-refractivity contribution is 0.758. The molecule has 0 aliphatic rings. The van der Waals surface area contributed by atoms with Crippen LogP contribution in [-0.2, 0) is 7.05 Å². The second kappa shape index (κ2) is 6.82. The first-order valence-corrected chi connectivity index (χ1v) is 9.19. The van der Waals surface area contributed by atoms with Crippen LogP contribution in [0, 0.1) is 11.3 Å². The van der Waals surface area contributed by atoms with Gasteiger partial charge in [-0.05, 0) is 28.7 Å². The smallest absolute Gasteiger partial charge is 0.278 e. The maximum atomic E-state index is 13.2. The first-order chi connectivity index (χ1) is 13.5. The fourth-order valence-corrected chi connectivity index (χ4v) is 3.74. The number of aryl methyl sites for hydroxylation is 1. The Balaban J connectivity index is 2.07. The van der Waals surface area contributed by atoms with E-state index in [0.717, 1.165) is 22.4 Å². The minimum absolute atomic E-state index is 0.00761. The van der Waals surface area contributed by atoms with Gasteiger partial charge in [0, 0.05) is 12.6 Å². The minimum atomic E-state index is -0.176. The average Bonchev–Trinajstić information content (AvgIpc) is 3.16. The molecule has 0 atom stereocenters. The average molecular weight is 368 g/mol. The normalized spacial score (nSPS) is 11.1. The molecule has 0 spiro atoms. The number of hydrogen-bond donors (Lipinski definition) is 0. The van der Waals surface area contributed by atoms with E-state index in [-0.39, 0.29) is 11.5 Å². The van der Waals surface area contributed by atoms with E-state index >= 15 is 0 Å². The highest BCUT2D eigenvalue weighted by atomic mass is 16.1. The predicted octanol–water partition coefficient (Wildman–Crippen LogP) is 4.36. The van der Waals surface area contributed by atoms with Gasteiger partial charge in [-0.3, -0.25) is 4.79 Å². The summed E-state index contributed by atoms with van der Waals surface area (Å²) in [6.45, 7) is 4.00. The Labute approximate surface area is 163 Å². The number of hydrogen-bond acceptors (Lipinski definition) is 3. The summed E-state index contributed by atoms with van der Waals surface area (Å²) in [7, 11) is 1.88. The molecular weight excluding hydrogens is 348 g/mol. The highest BCUT2D eigenvalue weighted by molar-refractivity contribution is 5.75. The molecule has 0 aliphatic heterocycles. The topological polar surface area (TPSA) is 63.1 Å². The summed E-state index contributed by atoms with van der Waals surface area (Å²) in [6.07, 6.45) is 1.45. The first kappa shape index (κ1) is 17.7. The van der Waals surface area contributed by atoms with Crippen molar-refractivity contribution in [2.45, 2.75) is 19.8 Å². The van der Waals surface area contributed by atoms with Crippen molar-refractivity contribution in [3.63, 3.8) is 0 Å². The van der Waals surface area contributed by atoms with Crippen molar-refractivity contribution in [2.24, 2.45) is 7.05 Å². The predicted molar refractivity (Wildman–Crippen MR) is 110 cm³/mol. The molecule has 138 valence electrons. The maximum absolute atomic E-state index is 13.2. The Morgan fingerprint density at radius 2 is 1.68 bits per heavy atom. The number of nitrogens with zero attached hydrogens (tertiary/aromatic N) is 4. The van der Waals surface area contributed by atoms with Crippen molar-refractivity contribution < 1.29 is 0 Å². The van der Waals surface area contributed by atoms with Gasteiger partial charge in [0.1, 0.15) is 11.6 Å². The van der Waals surface area contributed by atoms with E-state index in [1.165, 1.54) is 10.7 Å². The fraction of sp³-hybridized carbons (Fsp3) is 0.174. The Kier molecular flexibility index (Phi) is 4.32. The van der Waals surface area contributed by atoms with Crippen LogP contribution in [0.1, 0.15) is 30.9 Å². The lowest BCUT2D eigenvalue weighted by Crippen LogP contribution is -2.25. The van der Waals surface area contributed by atoms with Crippen molar-refractivity contribution in [1.29, 1.82) is 5.26 Å². The quantitative estimate of drug-likeness (QED) is 0.540. The van der Waals surface area contributed by atoms with E-state index in [4.69, 9.17) is 0 Å². The number of nitriles is 1. The van der Waals surface area contributed by atoms with Crippen LogP contribution in [0.5, 0.6) is 0 Å². The van der Waals surface area contributed by atoms with Crippen molar-refractivity contribution in [1.82, 2.24) is 14.2 Å². The van der Waals surface area contributed by atoms with Crippen LogP contribution in [0.15, 0.2) is 65.6 Å². The van der Waals surface area contributed by atoms with E-state index in [1.54, 1.807) is 0 Å². The summed E-state index contributed by atoms with van der Waals surface area (Å²) in [6, 6.07) is 20.4. The van der Waals surface area contributed by atoms with Gasteiger partial charge >= 0.3 is 0 Å². The summed E-state index contributed by atoms with van der Waals surface area (Å²) in [5.41, 5.74) is 5.36. The zero-order valence-corrected chi connectivity index (χ0v) is 16.0. The van der Waals surface area contributed by atoms with Crippen LogP contribution in [-0.4, -0.2) is 14.2 Å².